The lowest BCUT2D eigenvalue weighted by molar-refractivity contribution is 0.0955. The highest BCUT2D eigenvalue weighted by atomic mass is 16.1. The maximum absolute atomic E-state index is 12.6. The van der Waals surface area contributed by atoms with E-state index in [1.165, 1.54) is 0 Å². The molecule has 2 aromatic rings. The average Bonchev–Trinajstić information content (AvgIpc) is 2.46. The summed E-state index contributed by atoms with van der Waals surface area (Å²) in [5, 5.41) is 3.34. The first-order chi connectivity index (χ1) is 9.25. The van der Waals surface area contributed by atoms with E-state index in [0.717, 1.165) is 29.8 Å². The fraction of sp³-hybridized carbons (Fsp3) is 0.250. The fourth-order valence-electron chi connectivity index (χ4n) is 2.63. The molecule has 3 rings (SSSR count). The largest absolute Gasteiger partial charge is 0.385 e. The van der Waals surface area contributed by atoms with Gasteiger partial charge >= 0.3 is 0 Å². The van der Waals surface area contributed by atoms with Crippen molar-refractivity contribution in [1.29, 1.82) is 0 Å². The molecule has 1 aromatic heterocycles. The van der Waals surface area contributed by atoms with Crippen LogP contribution in [0, 0.1) is 6.92 Å². The highest BCUT2D eigenvalue weighted by Crippen LogP contribution is 2.33. The first-order valence-electron chi connectivity index (χ1n) is 6.54. The quantitative estimate of drug-likeness (QED) is 0.835. The standard InChI is InChI=1S/C16H16N2O/c1-11-8-12(10-17-9-11)16(19)14-6-7-18-15-5-3-2-4-13(14)15/h2-5,8-10,14,18H,6-7H2,1H3. The van der Waals surface area contributed by atoms with Crippen LogP contribution in [0.4, 0.5) is 5.69 Å². The summed E-state index contributed by atoms with van der Waals surface area (Å²) >= 11 is 0. The molecule has 19 heavy (non-hydrogen) atoms. The Kier molecular flexibility index (Phi) is 3.03. The van der Waals surface area contributed by atoms with Crippen LogP contribution in [0.15, 0.2) is 42.7 Å². The number of hydrogen-bond acceptors (Lipinski definition) is 3. The number of fused-ring (bicyclic) bond motifs is 1. The van der Waals surface area contributed by atoms with Crippen molar-refractivity contribution in [2.45, 2.75) is 19.3 Å². The van der Waals surface area contributed by atoms with Gasteiger partial charge in [0.05, 0.1) is 5.92 Å². The number of aryl methyl sites for hydroxylation is 1. The molecule has 0 fully saturated rings. The van der Waals surface area contributed by atoms with Crippen molar-refractivity contribution < 1.29 is 4.79 Å². The van der Waals surface area contributed by atoms with E-state index in [4.69, 9.17) is 0 Å². The van der Waals surface area contributed by atoms with Gasteiger partial charge in [0.2, 0.25) is 0 Å². The summed E-state index contributed by atoms with van der Waals surface area (Å²) in [7, 11) is 0. The third-order valence-electron chi connectivity index (χ3n) is 3.56. The van der Waals surface area contributed by atoms with E-state index < -0.39 is 0 Å². The predicted octanol–water partition coefficient (Wildman–Crippen LogP) is 3.17. The highest BCUT2D eigenvalue weighted by molar-refractivity contribution is 6.01. The summed E-state index contributed by atoms with van der Waals surface area (Å²) in [5.41, 5.74) is 3.91. The smallest absolute Gasteiger partial charge is 0.172 e. The van der Waals surface area contributed by atoms with Crippen molar-refractivity contribution in [3.8, 4) is 0 Å². The summed E-state index contributed by atoms with van der Waals surface area (Å²) in [4.78, 5) is 16.8. The maximum Gasteiger partial charge on any atom is 0.172 e. The first-order valence-corrected chi connectivity index (χ1v) is 6.54. The van der Waals surface area contributed by atoms with Crippen LogP contribution >= 0.6 is 0 Å². The molecule has 96 valence electrons. The van der Waals surface area contributed by atoms with Crippen LogP contribution in [0.25, 0.3) is 0 Å². The first kappa shape index (κ1) is 11.9. The second-order valence-corrected chi connectivity index (χ2v) is 4.97. The SMILES string of the molecule is Cc1cncc(C(=O)C2CCNc3ccccc32)c1. The van der Waals surface area contributed by atoms with Crippen LogP contribution < -0.4 is 5.32 Å². The van der Waals surface area contributed by atoms with Crippen molar-refractivity contribution in [2.75, 3.05) is 11.9 Å². The average molecular weight is 252 g/mol. The lowest BCUT2D eigenvalue weighted by Crippen LogP contribution is -2.23. The molecule has 1 aliphatic heterocycles. The zero-order chi connectivity index (χ0) is 13.2. The van der Waals surface area contributed by atoms with E-state index in [0.29, 0.717) is 5.56 Å². The molecule has 0 amide bonds. The molecule has 0 spiro atoms. The van der Waals surface area contributed by atoms with Gasteiger partial charge in [-0.15, -0.1) is 0 Å². The van der Waals surface area contributed by atoms with Gasteiger partial charge in [0.1, 0.15) is 0 Å². The molecule has 0 aliphatic carbocycles. The van der Waals surface area contributed by atoms with Gasteiger partial charge in [0.25, 0.3) is 0 Å². The highest BCUT2D eigenvalue weighted by Gasteiger charge is 2.27. The molecule has 1 atom stereocenters. The van der Waals surface area contributed by atoms with E-state index in [2.05, 4.69) is 10.3 Å². The van der Waals surface area contributed by atoms with Gasteiger partial charge in [-0.05, 0) is 36.6 Å². The monoisotopic (exact) mass is 252 g/mol. The van der Waals surface area contributed by atoms with Gasteiger partial charge in [0, 0.05) is 30.2 Å². The molecule has 1 N–H and O–H groups in total. The summed E-state index contributed by atoms with van der Waals surface area (Å²) in [5.74, 6) is 0.117. The molecule has 3 nitrogen and oxygen atoms in total. The van der Waals surface area contributed by atoms with E-state index in [1.54, 1.807) is 12.4 Å². The van der Waals surface area contributed by atoms with Crippen molar-refractivity contribution in [3.63, 3.8) is 0 Å². The number of anilines is 1. The Morgan fingerprint density at radius 3 is 3.00 bits per heavy atom. The Labute approximate surface area is 112 Å². The normalized spacial score (nSPS) is 17.4. The molecule has 2 heterocycles. The number of aromatic nitrogens is 1. The van der Waals surface area contributed by atoms with Gasteiger partial charge in [-0.1, -0.05) is 18.2 Å². The Balaban J connectivity index is 1.98. The van der Waals surface area contributed by atoms with Crippen LogP contribution in [-0.4, -0.2) is 17.3 Å². The van der Waals surface area contributed by atoms with Gasteiger partial charge in [-0.2, -0.15) is 0 Å². The third kappa shape index (κ3) is 2.24. The molecule has 0 saturated carbocycles. The molecule has 1 aromatic carbocycles. The Morgan fingerprint density at radius 1 is 1.32 bits per heavy atom. The number of para-hydroxylation sites is 1. The number of hydrogen-bond donors (Lipinski definition) is 1. The number of carbonyl (C=O) groups excluding carboxylic acids is 1. The summed E-state index contributed by atoms with van der Waals surface area (Å²) in [6.07, 6.45) is 4.27. The zero-order valence-corrected chi connectivity index (χ0v) is 10.9. The number of benzene rings is 1. The second kappa shape index (κ2) is 4.84. The zero-order valence-electron chi connectivity index (χ0n) is 10.9. The van der Waals surface area contributed by atoms with Crippen molar-refractivity contribution >= 4 is 11.5 Å². The van der Waals surface area contributed by atoms with Crippen LogP contribution in [0.3, 0.4) is 0 Å². The number of Topliss-reactive ketones (excluding diaryl/α,β-unsaturated/α-hetero) is 1. The van der Waals surface area contributed by atoms with Crippen LogP contribution in [0.1, 0.15) is 33.8 Å². The predicted molar refractivity (Wildman–Crippen MR) is 75.6 cm³/mol. The van der Waals surface area contributed by atoms with Crippen molar-refractivity contribution in [2.24, 2.45) is 0 Å². The van der Waals surface area contributed by atoms with Crippen LogP contribution in [0.5, 0.6) is 0 Å². The minimum absolute atomic E-state index is 0.0546. The summed E-state index contributed by atoms with van der Waals surface area (Å²) in [6, 6.07) is 9.96. The fourth-order valence-corrected chi connectivity index (χ4v) is 2.63. The van der Waals surface area contributed by atoms with Crippen molar-refractivity contribution in [1.82, 2.24) is 4.98 Å². The summed E-state index contributed by atoms with van der Waals surface area (Å²) < 4.78 is 0. The van der Waals surface area contributed by atoms with Gasteiger partial charge in [0.15, 0.2) is 5.78 Å². The van der Waals surface area contributed by atoms with E-state index >= 15 is 0 Å². The van der Waals surface area contributed by atoms with Crippen LogP contribution in [-0.2, 0) is 0 Å². The van der Waals surface area contributed by atoms with Gasteiger partial charge in [-0.3, -0.25) is 9.78 Å². The number of carbonyl (C=O) groups is 1. The molecule has 0 bridgehead atoms. The Bertz CT molecular complexity index is 622. The maximum atomic E-state index is 12.6. The lowest BCUT2D eigenvalue weighted by Gasteiger charge is -2.25. The van der Waals surface area contributed by atoms with Gasteiger partial charge < -0.3 is 5.32 Å². The van der Waals surface area contributed by atoms with E-state index in [9.17, 15) is 4.79 Å². The molecular weight excluding hydrogens is 236 g/mol. The third-order valence-corrected chi connectivity index (χ3v) is 3.56. The van der Waals surface area contributed by atoms with E-state index in [-0.39, 0.29) is 11.7 Å². The Hall–Kier alpha value is -2.16. The minimum Gasteiger partial charge on any atom is -0.385 e. The van der Waals surface area contributed by atoms with Crippen molar-refractivity contribution in [3.05, 3.63) is 59.4 Å². The lowest BCUT2D eigenvalue weighted by atomic mass is 9.85. The molecular formula is C16H16N2O. The molecule has 1 aliphatic rings. The second-order valence-electron chi connectivity index (χ2n) is 4.97. The van der Waals surface area contributed by atoms with Gasteiger partial charge in [-0.25, -0.2) is 0 Å². The molecule has 0 radical (unpaired) electrons. The molecule has 0 saturated heterocycles. The number of rotatable bonds is 2. The summed E-state index contributed by atoms with van der Waals surface area (Å²) in [6.45, 7) is 2.80. The minimum atomic E-state index is -0.0546. The molecule has 1 unspecified atom stereocenters. The number of nitrogens with one attached hydrogen (secondary N) is 1. The Morgan fingerprint density at radius 2 is 2.16 bits per heavy atom. The molecule has 3 heteroatoms. The van der Waals surface area contributed by atoms with E-state index in [1.807, 2.05) is 37.3 Å². The number of nitrogens with zero attached hydrogens (tertiary/aromatic N) is 1. The topological polar surface area (TPSA) is 42.0 Å². The van der Waals surface area contributed by atoms with Crippen LogP contribution in [0.2, 0.25) is 0 Å². The number of ketones is 1. The number of pyridine rings is 1.